The van der Waals surface area contributed by atoms with Crippen LogP contribution in [0.5, 0.6) is 5.75 Å². The first kappa shape index (κ1) is 14.6. The number of H-pyrrole nitrogens is 1. The van der Waals surface area contributed by atoms with Gasteiger partial charge in [0.25, 0.3) is 0 Å². The molecule has 0 fully saturated rings. The molecule has 0 spiro atoms. The number of nitriles is 1. The number of nitrogens with two attached hydrogens (primary N) is 1. The molecule has 5 nitrogen and oxygen atoms in total. The number of hydrogen-bond acceptors (Lipinski definition) is 5. The molecular formula is C12H8Cl2N4OS. The van der Waals surface area contributed by atoms with E-state index in [2.05, 4.69) is 9.97 Å². The van der Waals surface area contributed by atoms with Gasteiger partial charge in [-0.15, -0.1) is 0 Å². The van der Waals surface area contributed by atoms with Gasteiger partial charge in [0.15, 0.2) is 12.6 Å². The molecule has 0 unspecified atom stereocenters. The van der Waals surface area contributed by atoms with Crippen LogP contribution in [0, 0.1) is 16.0 Å². The minimum absolute atomic E-state index is 0.116. The van der Waals surface area contributed by atoms with Gasteiger partial charge in [-0.2, -0.15) is 5.26 Å². The molecule has 102 valence electrons. The number of nitrogens with one attached hydrogen (secondary N) is 1. The minimum Gasteiger partial charge on any atom is -0.477 e. The van der Waals surface area contributed by atoms with Crippen molar-refractivity contribution in [2.75, 3.05) is 12.3 Å². The Labute approximate surface area is 129 Å². The number of halogens is 2. The predicted octanol–water partition coefficient (Wildman–Crippen LogP) is 3.60. The van der Waals surface area contributed by atoms with Gasteiger partial charge in [-0.3, -0.25) is 0 Å². The largest absolute Gasteiger partial charge is 0.477 e. The first-order valence-corrected chi connectivity index (χ1v) is 6.53. The van der Waals surface area contributed by atoms with Crippen molar-refractivity contribution in [3.05, 3.63) is 32.9 Å². The molecule has 0 saturated carbocycles. The lowest BCUT2D eigenvalue weighted by atomic mass is 10.1. The standard InChI is InChI=1S/C12H8Cl2N4OS/c13-7-4-8(14)10(19-2-1-15)3-6(7)9-5-11(20)18-12(16)17-9/h3-5H,2H2,(H3,16,17,18,20). The molecule has 1 aromatic heterocycles. The molecule has 8 heteroatoms. The summed E-state index contributed by atoms with van der Waals surface area (Å²) in [4.78, 5) is 6.73. The van der Waals surface area contributed by atoms with Crippen molar-refractivity contribution in [2.24, 2.45) is 0 Å². The van der Waals surface area contributed by atoms with E-state index in [4.69, 9.17) is 51.2 Å². The van der Waals surface area contributed by atoms with Gasteiger partial charge in [-0.05, 0) is 18.2 Å². The second kappa shape index (κ2) is 6.09. The van der Waals surface area contributed by atoms with Crippen LogP contribution in [-0.2, 0) is 0 Å². The Morgan fingerprint density at radius 1 is 1.35 bits per heavy atom. The molecule has 0 radical (unpaired) electrons. The fourth-order valence-electron chi connectivity index (χ4n) is 1.58. The summed E-state index contributed by atoms with van der Waals surface area (Å²) in [6, 6.07) is 6.63. The SMILES string of the molecule is N#CCOc1cc(-c2cc(=S)nc(N)[nH]2)c(Cl)cc1Cl. The number of rotatable bonds is 3. The Morgan fingerprint density at radius 3 is 2.75 bits per heavy atom. The molecule has 0 saturated heterocycles. The number of benzene rings is 1. The van der Waals surface area contributed by atoms with Crippen LogP contribution < -0.4 is 10.5 Å². The maximum Gasteiger partial charge on any atom is 0.199 e. The molecule has 20 heavy (non-hydrogen) atoms. The number of aromatic nitrogens is 2. The number of nitrogen functional groups attached to an aromatic ring is 1. The third-order valence-corrected chi connectivity index (χ3v) is 3.18. The van der Waals surface area contributed by atoms with E-state index in [-0.39, 0.29) is 12.6 Å². The molecule has 0 bridgehead atoms. The number of hydrogen-bond donors (Lipinski definition) is 2. The Kier molecular flexibility index (Phi) is 4.45. The highest BCUT2D eigenvalue weighted by molar-refractivity contribution is 7.71. The van der Waals surface area contributed by atoms with Crippen molar-refractivity contribution in [1.29, 1.82) is 5.26 Å². The van der Waals surface area contributed by atoms with Crippen molar-refractivity contribution in [1.82, 2.24) is 9.97 Å². The van der Waals surface area contributed by atoms with Crippen molar-refractivity contribution in [2.45, 2.75) is 0 Å². The zero-order valence-corrected chi connectivity index (χ0v) is 12.3. The zero-order chi connectivity index (χ0) is 14.7. The molecule has 1 aromatic carbocycles. The van der Waals surface area contributed by atoms with Gasteiger partial charge >= 0.3 is 0 Å². The van der Waals surface area contributed by atoms with Gasteiger partial charge in [-0.1, -0.05) is 35.4 Å². The predicted molar refractivity (Wildman–Crippen MR) is 80.4 cm³/mol. The quantitative estimate of drug-likeness (QED) is 0.841. The van der Waals surface area contributed by atoms with Gasteiger partial charge in [0.05, 0.1) is 15.7 Å². The number of anilines is 1. The highest BCUT2D eigenvalue weighted by atomic mass is 35.5. The zero-order valence-electron chi connectivity index (χ0n) is 9.98. The van der Waals surface area contributed by atoms with Crippen molar-refractivity contribution < 1.29 is 4.74 Å². The maximum atomic E-state index is 8.54. The van der Waals surface area contributed by atoms with Gasteiger partial charge < -0.3 is 15.5 Å². The lowest BCUT2D eigenvalue weighted by Gasteiger charge is -2.10. The van der Waals surface area contributed by atoms with E-state index in [0.29, 0.717) is 31.7 Å². The summed E-state index contributed by atoms with van der Waals surface area (Å²) in [5.41, 5.74) is 6.81. The van der Waals surface area contributed by atoms with Crippen LogP contribution in [0.25, 0.3) is 11.3 Å². The van der Waals surface area contributed by atoms with Crippen LogP contribution in [0.2, 0.25) is 10.0 Å². The number of ether oxygens (including phenoxy) is 1. The number of aromatic amines is 1. The highest BCUT2D eigenvalue weighted by Gasteiger charge is 2.11. The van der Waals surface area contributed by atoms with E-state index < -0.39 is 0 Å². The summed E-state index contributed by atoms with van der Waals surface area (Å²) in [7, 11) is 0. The second-order valence-corrected chi connectivity index (χ2v) is 4.96. The molecule has 0 aliphatic carbocycles. The number of nitrogens with zero attached hydrogens (tertiary/aromatic N) is 2. The van der Waals surface area contributed by atoms with Crippen LogP contribution in [-0.4, -0.2) is 16.6 Å². The lowest BCUT2D eigenvalue weighted by molar-refractivity contribution is 0.368. The summed E-state index contributed by atoms with van der Waals surface area (Å²) in [5.74, 6) is 0.528. The van der Waals surface area contributed by atoms with E-state index in [1.54, 1.807) is 12.1 Å². The summed E-state index contributed by atoms with van der Waals surface area (Å²) in [6.07, 6.45) is 0. The van der Waals surface area contributed by atoms with Gasteiger partial charge in [0.1, 0.15) is 16.5 Å². The summed E-state index contributed by atoms with van der Waals surface area (Å²) in [5, 5.41) is 9.26. The molecule has 0 amide bonds. The maximum absolute atomic E-state index is 8.54. The van der Waals surface area contributed by atoms with Crippen LogP contribution >= 0.6 is 35.4 Å². The first-order chi connectivity index (χ1) is 9.51. The van der Waals surface area contributed by atoms with E-state index in [1.807, 2.05) is 6.07 Å². The van der Waals surface area contributed by atoms with Gasteiger partial charge in [-0.25, -0.2) is 4.98 Å². The molecule has 0 aliphatic rings. The molecule has 3 N–H and O–H groups in total. The third-order valence-electron chi connectivity index (χ3n) is 2.37. The third kappa shape index (κ3) is 3.20. The summed E-state index contributed by atoms with van der Waals surface area (Å²) < 4.78 is 5.56. The molecule has 0 atom stereocenters. The lowest BCUT2D eigenvalue weighted by Crippen LogP contribution is -1.98. The van der Waals surface area contributed by atoms with Gasteiger partial charge in [0, 0.05) is 5.56 Å². The Balaban J connectivity index is 2.56. The molecular weight excluding hydrogens is 319 g/mol. The Hall–Kier alpha value is -1.81. The summed E-state index contributed by atoms with van der Waals surface area (Å²) in [6.45, 7) is -0.116. The average molecular weight is 327 g/mol. The monoisotopic (exact) mass is 326 g/mol. The fraction of sp³-hybridized carbons (Fsp3) is 0.0833. The van der Waals surface area contributed by atoms with Gasteiger partial charge in [0.2, 0.25) is 0 Å². The van der Waals surface area contributed by atoms with Crippen molar-refractivity contribution >= 4 is 41.4 Å². The Bertz CT molecular complexity index is 754. The highest BCUT2D eigenvalue weighted by Crippen LogP contribution is 2.36. The molecule has 2 rings (SSSR count). The summed E-state index contributed by atoms with van der Waals surface area (Å²) >= 11 is 17.2. The molecule has 1 heterocycles. The topological polar surface area (TPSA) is 87.7 Å². The van der Waals surface area contributed by atoms with Crippen LogP contribution in [0.4, 0.5) is 5.95 Å². The van der Waals surface area contributed by atoms with Crippen molar-refractivity contribution in [3.63, 3.8) is 0 Å². The smallest absolute Gasteiger partial charge is 0.199 e. The van der Waals surface area contributed by atoms with E-state index in [1.165, 1.54) is 6.07 Å². The fourth-order valence-corrected chi connectivity index (χ4v) is 2.33. The molecule has 2 aromatic rings. The first-order valence-electron chi connectivity index (χ1n) is 5.37. The molecule has 0 aliphatic heterocycles. The normalized spacial score (nSPS) is 10.1. The minimum atomic E-state index is -0.116. The average Bonchev–Trinajstić information content (AvgIpc) is 2.36. The van der Waals surface area contributed by atoms with Crippen molar-refractivity contribution in [3.8, 4) is 23.1 Å². The van der Waals surface area contributed by atoms with E-state index in [0.717, 1.165) is 0 Å². The van der Waals surface area contributed by atoms with E-state index in [9.17, 15) is 0 Å². The Morgan fingerprint density at radius 2 is 2.10 bits per heavy atom. The second-order valence-electron chi connectivity index (χ2n) is 3.73. The van der Waals surface area contributed by atoms with Crippen LogP contribution in [0.1, 0.15) is 0 Å². The van der Waals surface area contributed by atoms with E-state index >= 15 is 0 Å². The van der Waals surface area contributed by atoms with Crippen LogP contribution in [0.15, 0.2) is 18.2 Å². The van der Waals surface area contributed by atoms with Crippen LogP contribution in [0.3, 0.4) is 0 Å².